The SMILES string of the molecule is Cc1nc(Cc2cccc(Br)c2)nc(N)c1C(=O)O. The van der Waals surface area contributed by atoms with Crippen LogP contribution in [0.3, 0.4) is 0 Å². The van der Waals surface area contributed by atoms with E-state index in [1.54, 1.807) is 6.92 Å². The van der Waals surface area contributed by atoms with Gasteiger partial charge in [0.15, 0.2) is 0 Å². The number of nitrogens with zero attached hydrogens (tertiary/aromatic N) is 2. The van der Waals surface area contributed by atoms with Crippen LogP contribution in [0.2, 0.25) is 0 Å². The Morgan fingerprint density at radius 2 is 2.16 bits per heavy atom. The molecule has 98 valence electrons. The molecule has 0 amide bonds. The van der Waals surface area contributed by atoms with Crippen molar-refractivity contribution < 1.29 is 9.90 Å². The topological polar surface area (TPSA) is 89.1 Å². The van der Waals surface area contributed by atoms with E-state index in [0.29, 0.717) is 17.9 Å². The van der Waals surface area contributed by atoms with E-state index in [4.69, 9.17) is 10.8 Å². The molecule has 0 spiro atoms. The number of carboxylic acids is 1. The number of aryl methyl sites for hydroxylation is 1. The van der Waals surface area contributed by atoms with Crippen LogP contribution in [0.5, 0.6) is 0 Å². The summed E-state index contributed by atoms with van der Waals surface area (Å²) in [4.78, 5) is 19.2. The van der Waals surface area contributed by atoms with Gasteiger partial charge in [-0.1, -0.05) is 28.1 Å². The molecule has 1 aromatic heterocycles. The van der Waals surface area contributed by atoms with Crippen LogP contribution in [0.1, 0.15) is 27.4 Å². The van der Waals surface area contributed by atoms with Gasteiger partial charge in [0.25, 0.3) is 0 Å². The molecule has 0 unspecified atom stereocenters. The van der Waals surface area contributed by atoms with Crippen LogP contribution in [-0.4, -0.2) is 21.0 Å². The lowest BCUT2D eigenvalue weighted by Crippen LogP contribution is -2.12. The number of nitrogen functional groups attached to an aromatic ring is 1. The number of anilines is 1. The molecule has 0 saturated heterocycles. The van der Waals surface area contributed by atoms with Gasteiger partial charge in [-0.3, -0.25) is 0 Å². The lowest BCUT2D eigenvalue weighted by Gasteiger charge is -2.07. The largest absolute Gasteiger partial charge is 0.477 e. The number of aromatic carboxylic acids is 1. The van der Waals surface area contributed by atoms with Crippen molar-refractivity contribution in [3.05, 3.63) is 51.4 Å². The van der Waals surface area contributed by atoms with Crippen LogP contribution >= 0.6 is 15.9 Å². The van der Waals surface area contributed by atoms with Crippen molar-refractivity contribution in [2.24, 2.45) is 0 Å². The van der Waals surface area contributed by atoms with E-state index in [9.17, 15) is 4.79 Å². The maximum absolute atomic E-state index is 11.0. The van der Waals surface area contributed by atoms with Crippen molar-refractivity contribution in [3.8, 4) is 0 Å². The minimum atomic E-state index is -1.11. The van der Waals surface area contributed by atoms with Gasteiger partial charge in [0.05, 0.1) is 5.69 Å². The van der Waals surface area contributed by atoms with Crippen molar-refractivity contribution in [1.29, 1.82) is 0 Å². The van der Waals surface area contributed by atoms with E-state index >= 15 is 0 Å². The molecule has 0 aliphatic heterocycles. The van der Waals surface area contributed by atoms with Crippen LogP contribution in [0.25, 0.3) is 0 Å². The fourth-order valence-electron chi connectivity index (χ4n) is 1.83. The van der Waals surface area contributed by atoms with Crippen molar-refractivity contribution >= 4 is 27.7 Å². The molecular weight excluding hydrogens is 310 g/mol. The number of carbonyl (C=O) groups is 1. The van der Waals surface area contributed by atoms with E-state index in [-0.39, 0.29) is 11.4 Å². The molecule has 1 aromatic carbocycles. The monoisotopic (exact) mass is 321 g/mol. The minimum absolute atomic E-state index is 0.00463. The van der Waals surface area contributed by atoms with Gasteiger partial charge in [-0.15, -0.1) is 0 Å². The van der Waals surface area contributed by atoms with Gasteiger partial charge >= 0.3 is 5.97 Å². The van der Waals surface area contributed by atoms with Crippen molar-refractivity contribution in [1.82, 2.24) is 9.97 Å². The van der Waals surface area contributed by atoms with E-state index in [1.807, 2.05) is 24.3 Å². The number of halogens is 1. The average Bonchev–Trinajstić information content (AvgIpc) is 2.27. The zero-order valence-corrected chi connectivity index (χ0v) is 11.8. The molecule has 1 heterocycles. The Morgan fingerprint density at radius 3 is 2.74 bits per heavy atom. The van der Waals surface area contributed by atoms with Gasteiger partial charge in [0, 0.05) is 10.9 Å². The molecule has 3 N–H and O–H groups in total. The second-order valence-corrected chi connectivity index (χ2v) is 5.01. The molecule has 19 heavy (non-hydrogen) atoms. The van der Waals surface area contributed by atoms with Crippen LogP contribution in [-0.2, 0) is 6.42 Å². The third kappa shape index (κ3) is 3.08. The third-order valence-corrected chi connectivity index (χ3v) is 3.12. The lowest BCUT2D eigenvalue weighted by molar-refractivity contribution is 0.0696. The van der Waals surface area contributed by atoms with Crippen LogP contribution in [0.4, 0.5) is 5.82 Å². The first-order valence-electron chi connectivity index (χ1n) is 5.58. The predicted molar refractivity (Wildman–Crippen MR) is 75.1 cm³/mol. The number of benzene rings is 1. The van der Waals surface area contributed by atoms with Crippen LogP contribution < -0.4 is 5.73 Å². The molecule has 2 rings (SSSR count). The van der Waals surface area contributed by atoms with Crippen LogP contribution in [0, 0.1) is 6.92 Å². The normalized spacial score (nSPS) is 10.4. The molecule has 0 bridgehead atoms. The number of hydrogen-bond donors (Lipinski definition) is 2. The summed E-state index contributed by atoms with van der Waals surface area (Å²) in [5, 5.41) is 9.00. The van der Waals surface area contributed by atoms with Gasteiger partial charge in [0.2, 0.25) is 0 Å². The van der Waals surface area contributed by atoms with E-state index in [2.05, 4.69) is 25.9 Å². The summed E-state index contributed by atoms with van der Waals surface area (Å²) in [6.07, 6.45) is 0.504. The van der Waals surface area contributed by atoms with Crippen molar-refractivity contribution in [3.63, 3.8) is 0 Å². The Bertz CT molecular complexity index is 621. The van der Waals surface area contributed by atoms with Crippen LogP contribution in [0.15, 0.2) is 28.7 Å². The molecule has 0 radical (unpaired) electrons. The summed E-state index contributed by atoms with van der Waals surface area (Å²) in [6, 6.07) is 7.75. The minimum Gasteiger partial charge on any atom is -0.477 e. The van der Waals surface area contributed by atoms with Gasteiger partial charge < -0.3 is 10.8 Å². The predicted octanol–water partition coefficient (Wildman–Crippen LogP) is 2.42. The number of rotatable bonds is 3. The lowest BCUT2D eigenvalue weighted by atomic mass is 10.1. The zero-order valence-electron chi connectivity index (χ0n) is 10.2. The van der Waals surface area contributed by atoms with Crippen molar-refractivity contribution in [2.45, 2.75) is 13.3 Å². The molecule has 6 heteroatoms. The molecule has 0 aliphatic carbocycles. The number of carboxylic acid groups (broad SMARTS) is 1. The molecule has 0 fully saturated rings. The fraction of sp³-hybridized carbons (Fsp3) is 0.154. The van der Waals surface area contributed by atoms with E-state index in [0.717, 1.165) is 10.0 Å². The smallest absolute Gasteiger partial charge is 0.341 e. The Hall–Kier alpha value is -1.95. The molecule has 2 aromatic rings. The van der Waals surface area contributed by atoms with E-state index in [1.165, 1.54) is 0 Å². The summed E-state index contributed by atoms with van der Waals surface area (Å²) < 4.78 is 0.969. The highest BCUT2D eigenvalue weighted by Gasteiger charge is 2.15. The Labute approximate surface area is 118 Å². The van der Waals surface area contributed by atoms with Gasteiger partial charge in [-0.2, -0.15) is 0 Å². The molecule has 0 atom stereocenters. The molecule has 0 aliphatic rings. The molecule has 0 saturated carbocycles. The molecule has 5 nitrogen and oxygen atoms in total. The first kappa shape index (κ1) is 13.5. The second-order valence-electron chi connectivity index (χ2n) is 4.10. The highest BCUT2D eigenvalue weighted by atomic mass is 79.9. The summed E-state index contributed by atoms with van der Waals surface area (Å²) in [7, 11) is 0. The summed E-state index contributed by atoms with van der Waals surface area (Å²) >= 11 is 3.39. The van der Waals surface area contributed by atoms with Gasteiger partial charge in [-0.05, 0) is 24.6 Å². The number of hydrogen-bond acceptors (Lipinski definition) is 4. The first-order valence-corrected chi connectivity index (χ1v) is 6.37. The fourth-order valence-corrected chi connectivity index (χ4v) is 2.27. The first-order chi connectivity index (χ1) is 8.97. The van der Waals surface area contributed by atoms with E-state index < -0.39 is 5.97 Å². The second kappa shape index (κ2) is 5.36. The number of aromatic nitrogens is 2. The van der Waals surface area contributed by atoms with Crippen molar-refractivity contribution in [2.75, 3.05) is 5.73 Å². The Kier molecular flexibility index (Phi) is 3.80. The van der Waals surface area contributed by atoms with Gasteiger partial charge in [-0.25, -0.2) is 14.8 Å². The molecular formula is C13H12BrN3O2. The maximum Gasteiger partial charge on any atom is 0.341 e. The standard InChI is InChI=1S/C13H12BrN3O2/c1-7-11(13(18)19)12(15)17-10(16-7)6-8-3-2-4-9(14)5-8/h2-5H,6H2,1H3,(H,18,19)(H2,15,16,17). The number of nitrogens with two attached hydrogens (primary N) is 1. The summed E-state index contributed by atoms with van der Waals surface area (Å²) in [5.41, 5.74) is 7.04. The summed E-state index contributed by atoms with van der Waals surface area (Å²) in [5.74, 6) is -0.591. The van der Waals surface area contributed by atoms with Gasteiger partial charge in [0.1, 0.15) is 17.2 Å². The highest BCUT2D eigenvalue weighted by molar-refractivity contribution is 9.10. The average molecular weight is 322 g/mol. The zero-order chi connectivity index (χ0) is 14.0. The quantitative estimate of drug-likeness (QED) is 0.906. The third-order valence-electron chi connectivity index (χ3n) is 2.63. The Morgan fingerprint density at radius 1 is 1.42 bits per heavy atom. The highest BCUT2D eigenvalue weighted by Crippen LogP contribution is 2.17. The Balaban J connectivity index is 2.35. The summed E-state index contributed by atoms with van der Waals surface area (Å²) in [6.45, 7) is 1.62. The maximum atomic E-state index is 11.0.